The Labute approximate surface area is 331 Å². The molecule has 0 radical (unpaired) electrons. The number of fused-ring (bicyclic) bond motifs is 9. The van der Waals surface area contributed by atoms with Crippen molar-refractivity contribution in [2.45, 2.75) is 0 Å². The Bertz CT molecular complexity index is 3330. The smallest absolute Gasteiger partial charge is 0.0541 e. The highest BCUT2D eigenvalue weighted by atomic mass is 32.1. The summed E-state index contributed by atoms with van der Waals surface area (Å²) in [5.41, 5.74) is 8.07. The van der Waals surface area contributed by atoms with E-state index in [1.165, 1.54) is 84.0 Å². The van der Waals surface area contributed by atoms with Crippen molar-refractivity contribution in [2.24, 2.45) is 0 Å². The molecule has 0 spiro atoms. The summed E-state index contributed by atoms with van der Waals surface area (Å²) in [4.78, 5) is 2.42. The molecule has 0 unspecified atom stereocenters. The van der Waals surface area contributed by atoms with Crippen LogP contribution in [-0.2, 0) is 0 Å². The first-order chi connectivity index (χ1) is 27.7. The molecule has 0 aliphatic rings. The van der Waals surface area contributed by atoms with Gasteiger partial charge in [0.15, 0.2) is 0 Å². The van der Waals surface area contributed by atoms with Crippen molar-refractivity contribution < 1.29 is 0 Å². The SMILES string of the molecule is c1ccc(-n2c(-c3ccc(N(c4ccc5cc6c(cc5c4)sc4ccccc46)c4ccc5cc6c(cc5c4)sc4ccccc46)cc3)cc3ccccc32)cc1. The summed E-state index contributed by atoms with van der Waals surface area (Å²) in [6.07, 6.45) is 0. The predicted octanol–water partition coefficient (Wildman–Crippen LogP) is 15.8. The molecule has 56 heavy (non-hydrogen) atoms. The van der Waals surface area contributed by atoms with E-state index in [1.807, 2.05) is 22.7 Å². The molecule has 12 aromatic rings. The van der Waals surface area contributed by atoms with Crippen LogP contribution < -0.4 is 4.90 Å². The number of benzene rings is 9. The highest BCUT2D eigenvalue weighted by Gasteiger charge is 2.18. The minimum absolute atomic E-state index is 1.11. The molecule has 0 fully saturated rings. The Balaban J connectivity index is 1.03. The molecule has 0 atom stereocenters. The first kappa shape index (κ1) is 31.6. The average Bonchev–Trinajstić information content (AvgIpc) is 3.93. The number of hydrogen-bond acceptors (Lipinski definition) is 3. The van der Waals surface area contributed by atoms with Gasteiger partial charge in [-0.1, -0.05) is 97.1 Å². The van der Waals surface area contributed by atoms with E-state index in [-0.39, 0.29) is 0 Å². The third-order valence-corrected chi connectivity index (χ3v) is 13.6. The first-order valence-corrected chi connectivity index (χ1v) is 20.6. The number of anilines is 3. The molecule has 3 heterocycles. The van der Waals surface area contributed by atoms with Crippen LogP contribution in [0.3, 0.4) is 0 Å². The molecule has 0 saturated carbocycles. The van der Waals surface area contributed by atoms with Crippen LogP contribution in [0.15, 0.2) is 194 Å². The highest BCUT2D eigenvalue weighted by Crippen LogP contribution is 2.43. The first-order valence-electron chi connectivity index (χ1n) is 19.0. The maximum Gasteiger partial charge on any atom is 0.0541 e. The van der Waals surface area contributed by atoms with Crippen molar-refractivity contribution in [3.8, 4) is 16.9 Å². The second-order valence-corrected chi connectivity index (χ2v) is 16.8. The minimum atomic E-state index is 1.11. The van der Waals surface area contributed by atoms with Crippen LogP contribution in [0.2, 0.25) is 0 Å². The third-order valence-electron chi connectivity index (χ3n) is 11.3. The van der Waals surface area contributed by atoms with Crippen LogP contribution in [-0.4, -0.2) is 4.57 Å². The summed E-state index contributed by atoms with van der Waals surface area (Å²) in [5.74, 6) is 0. The second-order valence-electron chi connectivity index (χ2n) is 14.6. The van der Waals surface area contributed by atoms with Gasteiger partial charge in [0.2, 0.25) is 0 Å². The second kappa shape index (κ2) is 12.4. The van der Waals surface area contributed by atoms with Gasteiger partial charge < -0.3 is 9.47 Å². The molecule has 0 saturated heterocycles. The van der Waals surface area contributed by atoms with Crippen molar-refractivity contribution in [3.05, 3.63) is 194 Å². The number of para-hydroxylation sites is 2. The molecule has 262 valence electrons. The Hall–Kier alpha value is -6.72. The fraction of sp³-hybridized carbons (Fsp3) is 0. The van der Waals surface area contributed by atoms with Gasteiger partial charge in [-0.2, -0.15) is 0 Å². The fourth-order valence-electron chi connectivity index (χ4n) is 8.64. The van der Waals surface area contributed by atoms with Gasteiger partial charge in [-0.05, 0) is 124 Å². The standard InChI is InChI=1S/C52H32N2S2/c1-2-11-39(12-3-1)54-47-15-7-4-10-36(47)30-48(54)33-18-22-40(23-19-33)53(41-24-20-34-28-45-43-13-5-8-16-49(43)55-51(45)31-37(34)26-41)42-25-21-35-29-46-44-14-6-9-17-50(44)56-52(46)32-38(35)27-42/h1-32H. The lowest BCUT2D eigenvalue weighted by Crippen LogP contribution is -2.10. The van der Waals surface area contributed by atoms with E-state index in [2.05, 4.69) is 204 Å². The molecular formula is C52H32N2S2. The summed E-state index contributed by atoms with van der Waals surface area (Å²) in [6.45, 7) is 0. The maximum atomic E-state index is 2.42. The minimum Gasteiger partial charge on any atom is -0.310 e. The van der Waals surface area contributed by atoms with Crippen molar-refractivity contribution in [1.29, 1.82) is 0 Å². The zero-order valence-electron chi connectivity index (χ0n) is 30.2. The van der Waals surface area contributed by atoms with Crippen LogP contribution >= 0.6 is 22.7 Å². The molecule has 0 bridgehead atoms. The third kappa shape index (κ3) is 5.00. The zero-order valence-corrected chi connectivity index (χ0v) is 31.8. The monoisotopic (exact) mass is 748 g/mol. The number of thiophene rings is 2. The van der Waals surface area contributed by atoms with E-state index in [0.717, 1.165) is 22.7 Å². The van der Waals surface area contributed by atoms with Gasteiger partial charge in [-0.15, -0.1) is 22.7 Å². The predicted molar refractivity (Wildman–Crippen MR) is 244 cm³/mol. The number of aromatic nitrogens is 1. The molecule has 12 rings (SSSR count). The van der Waals surface area contributed by atoms with Gasteiger partial charge in [-0.3, -0.25) is 0 Å². The van der Waals surface area contributed by atoms with Gasteiger partial charge >= 0.3 is 0 Å². The Kier molecular flexibility index (Phi) is 7.00. The average molecular weight is 749 g/mol. The summed E-state index contributed by atoms with van der Waals surface area (Å²) in [5, 5.41) is 11.5. The fourth-order valence-corrected chi connectivity index (χ4v) is 10.9. The van der Waals surface area contributed by atoms with Crippen LogP contribution in [0.5, 0.6) is 0 Å². The Morgan fingerprint density at radius 2 is 0.875 bits per heavy atom. The lowest BCUT2D eigenvalue weighted by molar-refractivity contribution is 1.13. The topological polar surface area (TPSA) is 8.17 Å². The zero-order chi connectivity index (χ0) is 36.7. The number of hydrogen-bond donors (Lipinski definition) is 0. The number of rotatable bonds is 5. The molecule has 9 aromatic carbocycles. The van der Waals surface area contributed by atoms with E-state index in [4.69, 9.17) is 0 Å². The Morgan fingerprint density at radius 1 is 0.339 bits per heavy atom. The van der Waals surface area contributed by atoms with E-state index in [9.17, 15) is 0 Å². The summed E-state index contributed by atoms with van der Waals surface area (Å²) in [6, 6.07) is 71.6. The van der Waals surface area contributed by atoms with E-state index in [1.54, 1.807) is 0 Å². The summed E-state index contributed by atoms with van der Waals surface area (Å²) >= 11 is 3.75. The Morgan fingerprint density at radius 3 is 1.50 bits per heavy atom. The lowest BCUT2D eigenvalue weighted by Gasteiger charge is -2.26. The number of nitrogens with zero attached hydrogens (tertiary/aromatic N) is 2. The maximum absolute atomic E-state index is 2.42. The van der Waals surface area contributed by atoms with Crippen molar-refractivity contribution in [2.75, 3.05) is 4.90 Å². The van der Waals surface area contributed by atoms with Crippen LogP contribution in [0.4, 0.5) is 17.1 Å². The van der Waals surface area contributed by atoms with Crippen LogP contribution in [0, 0.1) is 0 Å². The van der Waals surface area contributed by atoms with Crippen LogP contribution in [0.25, 0.3) is 89.7 Å². The normalized spacial score (nSPS) is 11.9. The van der Waals surface area contributed by atoms with Crippen molar-refractivity contribution >= 4 is 113 Å². The van der Waals surface area contributed by atoms with Gasteiger partial charge in [0.1, 0.15) is 0 Å². The summed E-state index contributed by atoms with van der Waals surface area (Å²) < 4.78 is 7.67. The largest absolute Gasteiger partial charge is 0.310 e. The molecule has 0 N–H and O–H groups in total. The molecule has 4 heteroatoms. The highest BCUT2D eigenvalue weighted by molar-refractivity contribution is 7.26. The molecule has 3 aromatic heterocycles. The molecule has 0 amide bonds. The molecule has 0 aliphatic carbocycles. The quantitative estimate of drug-likeness (QED) is 0.170. The van der Waals surface area contributed by atoms with Crippen molar-refractivity contribution in [3.63, 3.8) is 0 Å². The van der Waals surface area contributed by atoms with Crippen molar-refractivity contribution in [1.82, 2.24) is 4.57 Å². The van der Waals surface area contributed by atoms with Gasteiger partial charge in [0.05, 0.1) is 11.2 Å². The van der Waals surface area contributed by atoms with Gasteiger partial charge in [0, 0.05) is 68.5 Å². The van der Waals surface area contributed by atoms with E-state index < -0.39 is 0 Å². The van der Waals surface area contributed by atoms with E-state index >= 15 is 0 Å². The molecule has 0 aliphatic heterocycles. The van der Waals surface area contributed by atoms with E-state index in [0.29, 0.717) is 0 Å². The van der Waals surface area contributed by atoms with Gasteiger partial charge in [0.25, 0.3) is 0 Å². The van der Waals surface area contributed by atoms with Gasteiger partial charge in [-0.25, -0.2) is 0 Å². The lowest BCUT2D eigenvalue weighted by atomic mass is 10.0. The van der Waals surface area contributed by atoms with Crippen LogP contribution in [0.1, 0.15) is 0 Å². The molecule has 2 nitrogen and oxygen atoms in total. The molecular weight excluding hydrogens is 717 g/mol. The summed E-state index contributed by atoms with van der Waals surface area (Å²) in [7, 11) is 0.